The number of benzene rings is 2. The fourth-order valence-electron chi connectivity index (χ4n) is 2.99. The van der Waals surface area contributed by atoms with E-state index in [1.54, 1.807) is 23.0 Å². The largest absolute Gasteiger partial charge is 0.433 e. The molecule has 0 aliphatic carbocycles. The molecule has 0 saturated heterocycles. The number of hydrogen-bond acceptors (Lipinski definition) is 6. The van der Waals surface area contributed by atoms with Gasteiger partial charge in [-0.25, -0.2) is 10.1 Å². The molecule has 0 radical (unpaired) electrons. The number of nitrogens with one attached hydrogen (secondary N) is 1. The number of hydrazone groups is 1. The zero-order valence-corrected chi connectivity index (χ0v) is 16.4. The minimum Gasteiger partial charge on any atom is -0.399 e. The van der Waals surface area contributed by atoms with Crippen molar-refractivity contribution in [1.82, 2.24) is 15.2 Å². The highest BCUT2D eigenvalue weighted by atomic mass is 16.6. The second kappa shape index (κ2) is 8.46. The van der Waals surface area contributed by atoms with Gasteiger partial charge in [-0.1, -0.05) is 36.4 Å². The number of carbonyl (C=O) groups is 1. The number of nitrogens with zero attached hydrogens (tertiary/aromatic N) is 4. The van der Waals surface area contributed by atoms with Crippen molar-refractivity contribution in [2.75, 3.05) is 0 Å². The van der Waals surface area contributed by atoms with Crippen LogP contribution in [0, 0.1) is 17.0 Å². The van der Waals surface area contributed by atoms with Crippen LogP contribution in [0.15, 0.2) is 82.4 Å². The zero-order chi connectivity index (χ0) is 21.8. The molecule has 0 bridgehead atoms. The summed E-state index contributed by atoms with van der Waals surface area (Å²) in [5.74, 6) is -0.520. The van der Waals surface area contributed by atoms with Gasteiger partial charge in [-0.15, -0.1) is 0 Å². The molecular formula is C22H17N5O4. The monoisotopic (exact) mass is 415 g/mol. The van der Waals surface area contributed by atoms with Crippen LogP contribution in [0.4, 0.5) is 5.88 Å². The van der Waals surface area contributed by atoms with Crippen LogP contribution in [0.2, 0.25) is 0 Å². The topological polar surface area (TPSA) is 116 Å². The predicted octanol–water partition coefficient (Wildman–Crippen LogP) is 4.11. The minimum absolute atomic E-state index is 0.216. The Morgan fingerprint density at radius 1 is 1.13 bits per heavy atom. The molecule has 4 rings (SSSR count). The van der Waals surface area contributed by atoms with Crippen LogP contribution in [0.25, 0.3) is 17.1 Å². The standard InChI is InChI=1S/C22H17N5O4/c1-15-7-5-6-10-18(15)22(28)24-23-13-16-14-26(17-8-3-2-4-9-17)25-21(16)19-11-12-20(31-19)27(29)30/h2-14H,1H3,(H,24,28). The normalized spacial score (nSPS) is 11.0. The molecule has 0 spiro atoms. The summed E-state index contributed by atoms with van der Waals surface area (Å²) < 4.78 is 6.91. The lowest BCUT2D eigenvalue weighted by molar-refractivity contribution is -0.401. The number of para-hydroxylation sites is 1. The van der Waals surface area contributed by atoms with Crippen molar-refractivity contribution in [3.05, 3.63) is 99.7 Å². The lowest BCUT2D eigenvalue weighted by Crippen LogP contribution is -2.18. The van der Waals surface area contributed by atoms with Crippen LogP contribution in [-0.4, -0.2) is 26.8 Å². The first kappa shape index (κ1) is 19.8. The maximum Gasteiger partial charge on any atom is 0.433 e. The molecule has 4 aromatic rings. The van der Waals surface area contributed by atoms with Gasteiger partial charge >= 0.3 is 5.88 Å². The van der Waals surface area contributed by atoms with E-state index in [4.69, 9.17) is 4.42 Å². The first-order valence-electron chi connectivity index (χ1n) is 9.31. The van der Waals surface area contributed by atoms with Crippen molar-refractivity contribution >= 4 is 18.0 Å². The second-order valence-corrected chi connectivity index (χ2v) is 6.62. The summed E-state index contributed by atoms with van der Waals surface area (Å²) in [7, 11) is 0. The average Bonchev–Trinajstić information content (AvgIpc) is 3.42. The quantitative estimate of drug-likeness (QED) is 0.289. The minimum atomic E-state index is -0.617. The molecule has 0 aliphatic rings. The Morgan fingerprint density at radius 2 is 1.87 bits per heavy atom. The highest BCUT2D eigenvalue weighted by molar-refractivity contribution is 5.96. The third-order valence-electron chi connectivity index (χ3n) is 4.53. The van der Waals surface area contributed by atoms with Crippen molar-refractivity contribution in [3.63, 3.8) is 0 Å². The van der Waals surface area contributed by atoms with E-state index in [0.717, 1.165) is 11.3 Å². The molecule has 1 amide bonds. The summed E-state index contributed by atoms with van der Waals surface area (Å²) in [6.45, 7) is 1.84. The Bertz CT molecular complexity index is 1270. The summed E-state index contributed by atoms with van der Waals surface area (Å²) >= 11 is 0. The highest BCUT2D eigenvalue weighted by Crippen LogP contribution is 2.27. The van der Waals surface area contributed by atoms with Gasteiger partial charge in [0.2, 0.25) is 0 Å². The van der Waals surface area contributed by atoms with E-state index >= 15 is 0 Å². The van der Waals surface area contributed by atoms with Gasteiger partial charge in [0.25, 0.3) is 5.91 Å². The van der Waals surface area contributed by atoms with Crippen LogP contribution in [0.1, 0.15) is 21.5 Å². The fraction of sp³-hybridized carbons (Fsp3) is 0.0455. The second-order valence-electron chi connectivity index (χ2n) is 6.62. The Balaban J connectivity index is 1.65. The number of hydrogen-bond donors (Lipinski definition) is 1. The first-order chi connectivity index (χ1) is 15.0. The van der Waals surface area contributed by atoms with Gasteiger partial charge in [0.05, 0.1) is 18.0 Å². The molecule has 2 aromatic heterocycles. The van der Waals surface area contributed by atoms with E-state index in [1.807, 2.05) is 49.4 Å². The van der Waals surface area contributed by atoms with Crippen LogP contribution in [-0.2, 0) is 0 Å². The summed E-state index contributed by atoms with van der Waals surface area (Å²) in [6.07, 6.45) is 3.12. The van der Waals surface area contributed by atoms with Crippen LogP contribution in [0.3, 0.4) is 0 Å². The molecule has 0 atom stereocenters. The van der Waals surface area contributed by atoms with Gasteiger partial charge in [-0.3, -0.25) is 14.9 Å². The molecular weight excluding hydrogens is 398 g/mol. The maximum absolute atomic E-state index is 12.4. The summed E-state index contributed by atoms with van der Waals surface area (Å²) in [5.41, 5.74) is 5.49. The maximum atomic E-state index is 12.4. The Kier molecular flexibility index (Phi) is 5.39. The van der Waals surface area contributed by atoms with Gasteiger partial charge in [-0.2, -0.15) is 10.2 Å². The Labute approximate surface area is 176 Å². The number of rotatable bonds is 6. The van der Waals surface area contributed by atoms with Crippen LogP contribution in [0.5, 0.6) is 0 Å². The molecule has 154 valence electrons. The molecule has 1 N–H and O–H groups in total. The van der Waals surface area contributed by atoms with Gasteiger partial charge in [0, 0.05) is 17.3 Å². The van der Waals surface area contributed by atoms with E-state index in [2.05, 4.69) is 15.6 Å². The van der Waals surface area contributed by atoms with Crippen molar-refractivity contribution in [2.24, 2.45) is 5.10 Å². The van der Waals surface area contributed by atoms with Crippen molar-refractivity contribution in [1.29, 1.82) is 0 Å². The summed E-state index contributed by atoms with van der Waals surface area (Å²) in [6, 6.07) is 19.2. The Hall–Kier alpha value is -4.53. The molecule has 9 heteroatoms. The molecule has 0 fully saturated rings. The predicted molar refractivity (Wildman–Crippen MR) is 114 cm³/mol. The summed E-state index contributed by atoms with van der Waals surface area (Å²) in [4.78, 5) is 22.7. The number of nitro groups is 1. The van der Waals surface area contributed by atoms with E-state index in [1.165, 1.54) is 18.3 Å². The van der Waals surface area contributed by atoms with Crippen molar-refractivity contribution < 1.29 is 14.1 Å². The molecule has 2 aromatic carbocycles. The van der Waals surface area contributed by atoms with Crippen molar-refractivity contribution in [3.8, 4) is 17.1 Å². The van der Waals surface area contributed by atoms with Gasteiger partial charge in [0.15, 0.2) is 5.76 Å². The van der Waals surface area contributed by atoms with E-state index < -0.39 is 4.92 Å². The molecule has 0 unspecified atom stereocenters. The van der Waals surface area contributed by atoms with E-state index in [9.17, 15) is 14.9 Å². The third kappa shape index (κ3) is 4.25. The van der Waals surface area contributed by atoms with Crippen LogP contribution < -0.4 is 5.43 Å². The van der Waals surface area contributed by atoms with E-state index in [-0.39, 0.29) is 17.6 Å². The Morgan fingerprint density at radius 3 is 2.58 bits per heavy atom. The van der Waals surface area contributed by atoms with Gasteiger partial charge in [-0.05, 0) is 36.8 Å². The first-order valence-corrected chi connectivity index (χ1v) is 9.31. The number of furan rings is 1. The molecule has 0 aliphatic heterocycles. The smallest absolute Gasteiger partial charge is 0.399 e. The molecule has 9 nitrogen and oxygen atoms in total. The lowest BCUT2D eigenvalue weighted by atomic mass is 10.1. The molecule has 0 saturated carbocycles. The van der Waals surface area contributed by atoms with Crippen molar-refractivity contribution in [2.45, 2.75) is 6.92 Å². The number of carbonyl (C=O) groups excluding carboxylic acids is 1. The molecule has 31 heavy (non-hydrogen) atoms. The number of aromatic nitrogens is 2. The fourth-order valence-corrected chi connectivity index (χ4v) is 2.99. The zero-order valence-electron chi connectivity index (χ0n) is 16.4. The number of amides is 1. The highest BCUT2D eigenvalue weighted by Gasteiger charge is 2.19. The summed E-state index contributed by atoms with van der Waals surface area (Å²) in [5, 5.41) is 19.5. The van der Waals surface area contributed by atoms with E-state index in [0.29, 0.717) is 16.8 Å². The van der Waals surface area contributed by atoms with Gasteiger partial charge < -0.3 is 4.42 Å². The third-order valence-corrected chi connectivity index (χ3v) is 4.53. The van der Waals surface area contributed by atoms with Gasteiger partial charge in [0.1, 0.15) is 10.6 Å². The SMILES string of the molecule is Cc1ccccc1C(=O)NN=Cc1cn(-c2ccccc2)nc1-c1ccc([N+](=O)[O-])o1. The molecule has 2 heterocycles. The van der Waals surface area contributed by atoms with Crippen LogP contribution >= 0.6 is 0 Å². The lowest BCUT2D eigenvalue weighted by Gasteiger charge is -2.02. The average molecular weight is 415 g/mol. The number of aryl methyl sites for hydroxylation is 1.